The summed E-state index contributed by atoms with van der Waals surface area (Å²) in [7, 11) is 0. The first kappa shape index (κ1) is 53.2. The number of rotatable bonds is 13. The van der Waals surface area contributed by atoms with Gasteiger partial charge in [0.15, 0.2) is 0 Å². The smallest absolute Gasteiger partial charge is 0.0709 e. The van der Waals surface area contributed by atoms with Crippen molar-refractivity contribution in [2.45, 2.75) is 0 Å². The second-order valence-electron chi connectivity index (χ2n) is 22.7. The molecule has 1 heteroatoms. The highest BCUT2D eigenvalue weighted by molar-refractivity contribution is 6.02. The van der Waals surface area contributed by atoms with Crippen LogP contribution >= 0.6 is 0 Å². The van der Waals surface area contributed by atoms with Crippen molar-refractivity contribution in [3.05, 3.63) is 358 Å². The topological polar surface area (TPSA) is 12.9 Å². The lowest BCUT2D eigenvalue weighted by atomic mass is 9.89. The lowest BCUT2D eigenvalue weighted by molar-refractivity contribution is 1.32. The summed E-state index contributed by atoms with van der Waals surface area (Å²) in [6, 6.07) is 130. The van der Waals surface area contributed by atoms with Crippen LogP contribution < -0.4 is 0 Å². The highest BCUT2D eigenvalue weighted by Gasteiger charge is 2.16. The number of pyridine rings is 1. The average Bonchev–Trinajstić information content (AvgIpc) is 3.18. The van der Waals surface area contributed by atoms with Gasteiger partial charge in [0.05, 0.1) is 11.4 Å². The summed E-state index contributed by atoms with van der Waals surface area (Å²) in [5.74, 6) is 0. The van der Waals surface area contributed by atoms with Gasteiger partial charge < -0.3 is 0 Å². The van der Waals surface area contributed by atoms with Crippen LogP contribution in [-0.2, 0) is 0 Å². The molecule has 0 aliphatic heterocycles. The molecule has 15 rings (SSSR count). The number of fused-ring (bicyclic) bond motifs is 1. The van der Waals surface area contributed by atoms with E-state index in [1.54, 1.807) is 0 Å². The van der Waals surface area contributed by atoms with Crippen LogP contribution in [0.1, 0.15) is 0 Å². The monoisotopic (exact) mass is 1120 g/mol. The van der Waals surface area contributed by atoms with Crippen molar-refractivity contribution in [2.75, 3.05) is 0 Å². The maximum Gasteiger partial charge on any atom is 0.0709 e. The van der Waals surface area contributed by atoms with Gasteiger partial charge in [-0.05, 0) is 236 Å². The molecule has 0 N–H and O–H groups in total. The Kier molecular flexibility index (Phi) is 14.4. The summed E-state index contributed by atoms with van der Waals surface area (Å²) in [6.07, 6.45) is 0. The molecule has 0 bridgehead atoms. The molecule has 0 unspecified atom stereocenters. The van der Waals surface area contributed by atoms with Gasteiger partial charge in [0, 0.05) is 11.1 Å². The zero-order chi connectivity index (χ0) is 58.6. The first-order valence-electron chi connectivity index (χ1n) is 30.2. The lowest BCUT2D eigenvalue weighted by Crippen LogP contribution is -1.91. The average molecular weight is 1120 g/mol. The summed E-state index contributed by atoms with van der Waals surface area (Å²) in [5, 5.41) is 2.39. The van der Waals surface area contributed by atoms with E-state index in [2.05, 4.69) is 358 Å². The molecule has 14 aromatic carbocycles. The van der Waals surface area contributed by atoms with Crippen LogP contribution in [0.4, 0.5) is 0 Å². The molecular formula is C87H59N. The van der Waals surface area contributed by atoms with Crippen molar-refractivity contribution in [1.82, 2.24) is 4.98 Å². The maximum absolute atomic E-state index is 5.43. The molecule has 0 saturated heterocycles. The van der Waals surface area contributed by atoms with Gasteiger partial charge >= 0.3 is 0 Å². The Morgan fingerprint density at radius 1 is 0.136 bits per heavy atom. The van der Waals surface area contributed by atoms with Crippen LogP contribution in [0.3, 0.4) is 0 Å². The molecule has 1 heterocycles. The van der Waals surface area contributed by atoms with E-state index >= 15 is 0 Å². The fourth-order valence-electron chi connectivity index (χ4n) is 12.5. The molecule has 0 radical (unpaired) electrons. The predicted molar refractivity (Wildman–Crippen MR) is 372 cm³/mol. The van der Waals surface area contributed by atoms with E-state index < -0.39 is 0 Å². The van der Waals surface area contributed by atoms with E-state index in [4.69, 9.17) is 4.98 Å². The largest absolute Gasteiger partial charge is 0.248 e. The Hall–Kier alpha value is -11.5. The van der Waals surface area contributed by atoms with Gasteiger partial charge in [-0.3, -0.25) is 0 Å². The molecule has 15 aromatic rings. The van der Waals surface area contributed by atoms with Crippen LogP contribution in [-0.4, -0.2) is 4.98 Å². The van der Waals surface area contributed by atoms with Gasteiger partial charge in [0.1, 0.15) is 0 Å². The van der Waals surface area contributed by atoms with Crippen molar-refractivity contribution in [1.29, 1.82) is 0 Å². The number of hydrogen-bond acceptors (Lipinski definition) is 1. The Morgan fingerprint density at radius 3 is 0.705 bits per heavy atom. The second kappa shape index (κ2) is 23.9. The van der Waals surface area contributed by atoms with Crippen molar-refractivity contribution in [2.24, 2.45) is 0 Å². The molecule has 0 spiro atoms. The first-order valence-corrected chi connectivity index (χ1v) is 30.2. The Labute approximate surface area is 515 Å². The minimum atomic E-state index is 0.916. The number of nitrogens with zero attached hydrogens (tertiary/aromatic N) is 1. The molecule has 0 aliphatic rings. The van der Waals surface area contributed by atoms with Gasteiger partial charge in [0.25, 0.3) is 0 Å². The maximum atomic E-state index is 5.43. The molecule has 0 saturated carbocycles. The van der Waals surface area contributed by atoms with Crippen molar-refractivity contribution in [3.63, 3.8) is 0 Å². The number of benzene rings is 14. The van der Waals surface area contributed by atoms with Crippen LogP contribution in [0, 0.1) is 0 Å². The summed E-state index contributed by atoms with van der Waals surface area (Å²) in [5.41, 5.74) is 29.7. The van der Waals surface area contributed by atoms with Crippen LogP contribution in [0.2, 0.25) is 0 Å². The first-order chi connectivity index (χ1) is 43.5. The minimum Gasteiger partial charge on any atom is -0.248 e. The molecule has 0 fully saturated rings. The second-order valence-corrected chi connectivity index (χ2v) is 22.7. The van der Waals surface area contributed by atoms with Gasteiger partial charge in [-0.15, -0.1) is 0 Å². The zero-order valence-electron chi connectivity index (χ0n) is 48.5. The Morgan fingerprint density at radius 2 is 0.364 bits per heavy atom. The van der Waals surface area contributed by atoms with Gasteiger partial charge in [-0.1, -0.05) is 255 Å². The van der Waals surface area contributed by atoms with E-state index in [0.717, 1.165) is 67.0 Å². The van der Waals surface area contributed by atoms with E-state index in [9.17, 15) is 0 Å². The Bertz CT molecular complexity index is 4670. The van der Waals surface area contributed by atoms with Gasteiger partial charge in [0.2, 0.25) is 0 Å². The SMILES string of the molecule is c1ccc(-c2cc(-c3ccccc3)cc(-c3cccc(-c4cc(-c5cccc(-c6cc(-c7ccccc7)cc(-c7ccccc7)c6)c5)cc(-c5cccc(-c6cccc(-c7ccc8c(-c9ccccc9)cc(-c9ccccc9)cc8c7)n6)c5)c4)c3)c2)cc1. The molecule has 0 aliphatic carbocycles. The number of hydrogen-bond donors (Lipinski definition) is 0. The Balaban J connectivity index is 0.843. The normalized spacial score (nSPS) is 11.2. The fraction of sp³-hybridized carbons (Fsp3) is 0. The van der Waals surface area contributed by atoms with E-state index in [1.807, 2.05) is 0 Å². The lowest BCUT2D eigenvalue weighted by Gasteiger charge is -2.15. The summed E-state index contributed by atoms with van der Waals surface area (Å²) >= 11 is 0. The molecular weight excluding hydrogens is 1060 g/mol. The standard InChI is InChI=1S/C87H59N/c1-7-23-60(24-8-1)73-49-74(61-25-9-2-10-26-61)52-77(51-73)66-35-19-37-68(45-66)79-55-80(69-38-20-36-67(46-69)78-53-75(62-27-11-3-12-28-62)50-76(54-78)63-29-13-4-14-30-63)57-81(56-79)70-39-21-40-71(47-70)86-41-22-42-87(88-86)72-43-44-84-83(48-72)58-82(64-31-15-5-16-32-64)59-85(84)65-33-17-6-18-34-65/h1-59H. The summed E-state index contributed by atoms with van der Waals surface area (Å²) in [4.78, 5) is 5.43. The van der Waals surface area contributed by atoms with E-state index in [0.29, 0.717) is 0 Å². The third-order valence-corrected chi connectivity index (χ3v) is 17.0. The molecule has 88 heavy (non-hydrogen) atoms. The van der Waals surface area contributed by atoms with Crippen molar-refractivity contribution < 1.29 is 0 Å². The molecule has 1 aromatic heterocycles. The van der Waals surface area contributed by atoms with Crippen LogP contribution in [0.5, 0.6) is 0 Å². The highest BCUT2D eigenvalue weighted by atomic mass is 14.7. The highest BCUT2D eigenvalue weighted by Crippen LogP contribution is 2.42. The third-order valence-electron chi connectivity index (χ3n) is 17.0. The fourth-order valence-corrected chi connectivity index (χ4v) is 12.5. The third kappa shape index (κ3) is 11.2. The quantitative estimate of drug-likeness (QED) is 0.112. The molecule has 1 nitrogen and oxygen atoms in total. The van der Waals surface area contributed by atoms with Gasteiger partial charge in [-0.2, -0.15) is 0 Å². The van der Waals surface area contributed by atoms with Crippen LogP contribution in [0.15, 0.2) is 358 Å². The number of aromatic nitrogens is 1. The van der Waals surface area contributed by atoms with Crippen molar-refractivity contribution in [3.8, 4) is 145 Å². The molecule has 0 atom stereocenters. The van der Waals surface area contributed by atoms with Crippen LogP contribution in [0.25, 0.3) is 156 Å². The van der Waals surface area contributed by atoms with E-state index in [1.165, 1.54) is 88.7 Å². The van der Waals surface area contributed by atoms with E-state index in [-0.39, 0.29) is 0 Å². The summed E-state index contributed by atoms with van der Waals surface area (Å²) in [6.45, 7) is 0. The summed E-state index contributed by atoms with van der Waals surface area (Å²) < 4.78 is 0. The van der Waals surface area contributed by atoms with Gasteiger partial charge in [-0.25, -0.2) is 4.98 Å². The van der Waals surface area contributed by atoms with Crippen molar-refractivity contribution >= 4 is 10.8 Å². The minimum absolute atomic E-state index is 0.916. The zero-order valence-corrected chi connectivity index (χ0v) is 48.5. The molecule has 0 amide bonds. The predicted octanol–water partition coefficient (Wildman–Crippen LogP) is 23.9. The molecule has 412 valence electrons.